The second-order valence-corrected chi connectivity index (χ2v) is 5.15. The predicted octanol–water partition coefficient (Wildman–Crippen LogP) is 1.15. The molecule has 0 spiro atoms. The van der Waals surface area contributed by atoms with Gasteiger partial charge in [0.2, 0.25) is 0 Å². The van der Waals surface area contributed by atoms with Crippen LogP contribution in [0.1, 0.15) is 12.8 Å². The minimum absolute atomic E-state index is 0.542. The normalized spacial score (nSPS) is 19.7. The molecule has 1 aromatic heterocycles. The van der Waals surface area contributed by atoms with E-state index in [9.17, 15) is 0 Å². The Morgan fingerprint density at radius 3 is 3.16 bits per heavy atom. The van der Waals surface area contributed by atoms with Crippen LogP contribution in [-0.4, -0.2) is 48.6 Å². The molecule has 1 aliphatic rings. The maximum atomic E-state index is 8.60. The summed E-state index contributed by atoms with van der Waals surface area (Å²) in [5.41, 5.74) is 0. The number of aromatic nitrogens is 2. The minimum atomic E-state index is 0.542. The van der Waals surface area contributed by atoms with E-state index >= 15 is 0 Å². The van der Waals surface area contributed by atoms with Crippen LogP contribution in [-0.2, 0) is 0 Å². The highest BCUT2D eigenvalue weighted by Crippen LogP contribution is 2.19. The van der Waals surface area contributed by atoms with Crippen LogP contribution in [0.3, 0.4) is 0 Å². The molecule has 1 aliphatic heterocycles. The first kappa shape index (κ1) is 13.6. The standard InChI is InChI=1S/C13H20N6/c1-18-5-3-4-11(7-18)8-19(2)13-6-12(15-9-14)16-10-17-13/h6,10-11H,3-5,7-8H2,1-2H3,(H,15,16,17). The summed E-state index contributed by atoms with van der Waals surface area (Å²) in [6, 6.07) is 1.80. The number of nitriles is 1. The summed E-state index contributed by atoms with van der Waals surface area (Å²) in [5, 5.41) is 11.1. The molecule has 19 heavy (non-hydrogen) atoms. The Labute approximate surface area is 114 Å². The second-order valence-electron chi connectivity index (χ2n) is 5.15. The molecule has 1 unspecified atom stereocenters. The van der Waals surface area contributed by atoms with Crippen molar-refractivity contribution in [3.8, 4) is 6.19 Å². The van der Waals surface area contributed by atoms with Gasteiger partial charge in [0.15, 0.2) is 6.19 Å². The monoisotopic (exact) mass is 260 g/mol. The fourth-order valence-corrected chi connectivity index (χ4v) is 2.58. The lowest BCUT2D eigenvalue weighted by atomic mass is 9.98. The SMILES string of the molecule is CN1CCCC(CN(C)c2cc(NC#N)ncn2)C1. The van der Waals surface area contributed by atoms with Crippen molar-refractivity contribution in [1.82, 2.24) is 14.9 Å². The van der Waals surface area contributed by atoms with Crippen LogP contribution in [0.15, 0.2) is 12.4 Å². The second kappa shape index (κ2) is 6.34. The molecule has 1 atom stereocenters. The molecule has 2 rings (SSSR count). The van der Waals surface area contributed by atoms with Crippen molar-refractivity contribution in [3.63, 3.8) is 0 Å². The van der Waals surface area contributed by atoms with Gasteiger partial charge in [0.25, 0.3) is 0 Å². The molecule has 0 amide bonds. The molecule has 1 saturated heterocycles. The molecule has 0 saturated carbocycles. The third-order valence-electron chi connectivity index (χ3n) is 3.48. The molecule has 6 nitrogen and oxygen atoms in total. The van der Waals surface area contributed by atoms with Gasteiger partial charge in [-0.2, -0.15) is 5.26 Å². The Kier molecular flexibility index (Phi) is 4.53. The molecule has 0 bridgehead atoms. The van der Waals surface area contributed by atoms with Crippen molar-refractivity contribution in [1.29, 1.82) is 5.26 Å². The van der Waals surface area contributed by atoms with Crippen LogP contribution in [0.25, 0.3) is 0 Å². The lowest BCUT2D eigenvalue weighted by Gasteiger charge is -2.32. The Bertz CT molecular complexity index is 455. The zero-order chi connectivity index (χ0) is 13.7. The first-order chi connectivity index (χ1) is 9.19. The maximum Gasteiger partial charge on any atom is 0.182 e. The lowest BCUT2D eigenvalue weighted by Crippen LogP contribution is -2.38. The van der Waals surface area contributed by atoms with Crippen molar-refractivity contribution < 1.29 is 0 Å². The lowest BCUT2D eigenvalue weighted by molar-refractivity contribution is 0.213. The van der Waals surface area contributed by atoms with Gasteiger partial charge in [0.1, 0.15) is 18.0 Å². The largest absolute Gasteiger partial charge is 0.359 e. The smallest absolute Gasteiger partial charge is 0.182 e. The molecule has 1 N–H and O–H groups in total. The third kappa shape index (κ3) is 3.80. The number of hydrogen-bond acceptors (Lipinski definition) is 6. The van der Waals surface area contributed by atoms with Gasteiger partial charge < -0.3 is 9.80 Å². The van der Waals surface area contributed by atoms with Gasteiger partial charge in [-0.05, 0) is 32.4 Å². The van der Waals surface area contributed by atoms with Crippen LogP contribution >= 0.6 is 0 Å². The summed E-state index contributed by atoms with van der Waals surface area (Å²) in [6.07, 6.45) is 5.89. The molecule has 0 aliphatic carbocycles. The van der Waals surface area contributed by atoms with Gasteiger partial charge in [0, 0.05) is 26.2 Å². The van der Waals surface area contributed by atoms with Gasteiger partial charge >= 0.3 is 0 Å². The van der Waals surface area contributed by atoms with E-state index in [-0.39, 0.29) is 0 Å². The highest BCUT2D eigenvalue weighted by atomic mass is 15.2. The van der Waals surface area contributed by atoms with E-state index in [1.165, 1.54) is 25.7 Å². The summed E-state index contributed by atoms with van der Waals surface area (Å²) in [5.74, 6) is 2.06. The Hall–Kier alpha value is -1.87. The van der Waals surface area contributed by atoms with Gasteiger partial charge in [-0.15, -0.1) is 0 Å². The summed E-state index contributed by atoms with van der Waals surface area (Å²) >= 11 is 0. The number of likely N-dealkylation sites (tertiary alicyclic amines) is 1. The van der Waals surface area contributed by atoms with Gasteiger partial charge in [-0.25, -0.2) is 9.97 Å². The van der Waals surface area contributed by atoms with E-state index < -0.39 is 0 Å². The number of rotatable bonds is 4. The Morgan fingerprint density at radius 1 is 1.58 bits per heavy atom. The number of hydrogen-bond donors (Lipinski definition) is 1. The van der Waals surface area contributed by atoms with Gasteiger partial charge in [-0.1, -0.05) is 0 Å². The van der Waals surface area contributed by atoms with Crippen molar-refractivity contribution in [2.45, 2.75) is 12.8 Å². The van der Waals surface area contributed by atoms with Crippen LogP contribution in [0.4, 0.5) is 11.6 Å². The van der Waals surface area contributed by atoms with Crippen molar-refractivity contribution >= 4 is 11.6 Å². The highest BCUT2D eigenvalue weighted by molar-refractivity contribution is 5.49. The average molecular weight is 260 g/mol. The summed E-state index contributed by atoms with van der Waals surface area (Å²) in [7, 11) is 4.21. The fourth-order valence-electron chi connectivity index (χ4n) is 2.58. The van der Waals surface area contributed by atoms with E-state index in [1.807, 2.05) is 13.2 Å². The predicted molar refractivity (Wildman–Crippen MR) is 74.8 cm³/mol. The summed E-state index contributed by atoms with van der Waals surface area (Å²) in [6.45, 7) is 3.32. The van der Waals surface area contributed by atoms with E-state index in [1.54, 1.807) is 6.07 Å². The van der Waals surface area contributed by atoms with Crippen molar-refractivity contribution in [2.75, 3.05) is 43.9 Å². The number of piperidine rings is 1. The summed E-state index contributed by atoms with van der Waals surface area (Å²) in [4.78, 5) is 12.8. The zero-order valence-corrected chi connectivity index (χ0v) is 11.5. The van der Waals surface area contributed by atoms with Gasteiger partial charge in [-0.3, -0.25) is 5.32 Å². The molecule has 0 radical (unpaired) electrons. The quantitative estimate of drug-likeness (QED) is 0.647. The highest BCUT2D eigenvalue weighted by Gasteiger charge is 2.19. The first-order valence-electron chi connectivity index (χ1n) is 6.56. The molecule has 1 aromatic rings. The van der Waals surface area contributed by atoms with Crippen LogP contribution < -0.4 is 10.2 Å². The van der Waals surface area contributed by atoms with Crippen LogP contribution in [0.2, 0.25) is 0 Å². The minimum Gasteiger partial charge on any atom is -0.359 e. The van der Waals surface area contributed by atoms with Crippen molar-refractivity contribution in [3.05, 3.63) is 12.4 Å². The third-order valence-corrected chi connectivity index (χ3v) is 3.48. The van der Waals surface area contributed by atoms with Crippen molar-refractivity contribution in [2.24, 2.45) is 5.92 Å². The molecule has 2 heterocycles. The maximum absolute atomic E-state index is 8.60. The summed E-state index contributed by atoms with van der Waals surface area (Å²) < 4.78 is 0. The first-order valence-corrected chi connectivity index (χ1v) is 6.56. The van der Waals surface area contributed by atoms with Gasteiger partial charge in [0.05, 0.1) is 0 Å². The molecular weight excluding hydrogens is 240 g/mol. The molecular formula is C13H20N6. The zero-order valence-electron chi connectivity index (χ0n) is 11.5. The number of anilines is 2. The van der Waals surface area contributed by atoms with E-state index in [0.717, 1.165) is 18.9 Å². The molecule has 0 aromatic carbocycles. The van der Waals surface area contributed by atoms with E-state index in [4.69, 9.17) is 5.26 Å². The van der Waals surface area contributed by atoms with Crippen LogP contribution in [0, 0.1) is 17.4 Å². The van der Waals surface area contributed by atoms with E-state index in [2.05, 4.69) is 32.1 Å². The number of nitrogens with zero attached hydrogens (tertiary/aromatic N) is 5. The number of nitrogens with one attached hydrogen (secondary N) is 1. The molecule has 1 fully saturated rings. The Balaban J connectivity index is 1.97. The molecule has 6 heteroatoms. The molecule has 102 valence electrons. The fraction of sp³-hybridized carbons (Fsp3) is 0.615. The Morgan fingerprint density at radius 2 is 2.42 bits per heavy atom. The van der Waals surface area contributed by atoms with Crippen LogP contribution in [0.5, 0.6) is 0 Å². The topological polar surface area (TPSA) is 68.1 Å². The average Bonchev–Trinajstić information content (AvgIpc) is 2.39. The van der Waals surface area contributed by atoms with E-state index in [0.29, 0.717) is 11.7 Å².